The number of nitrogens with zero attached hydrogens (tertiary/aromatic N) is 1. The normalized spacial score (nSPS) is 14.4. The summed E-state index contributed by atoms with van der Waals surface area (Å²) in [4.78, 5) is 9.52. The molecule has 0 spiro atoms. The third kappa shape index (κ3) is 4.70. The molecule has 142 valence electrons. The van der Waals surface area contributed by atoms with E-state index in [-0.39, 0.29) is 6.54 Å². The first-order valence-electron chi connectivity index (χ1n) is 8.52. The van der Waals surface area contributed by atoms with Crippen LogP contribution in [0.4, 0.5) is 11.5 Å². The lowest BCUT2D eigenvalue weighted by molar-refractivity contribution is 0.588. The van der Waals surface area contributed by atoms with Crippen LogP contribution in [0.1, 0.15) is 29.2 Å². The Labute approximate surface area is 167 Å². The van der Waals surface area contributed by atoms with E-state index < -0.39 is 10.0 Å². The Morgan fingerprint density at radius 3 is 2.89 bits per heavy atom. The highest BCUT2D eigenvalue weighted by molar-refractivity contribution is 7.88. The molecule has 4 rings (SSSR count). The number of pyridine rings is 1. The van der Waals surface area contributed by atoms with Crippen molar-refractivity contribution in [3.63, 3.8) is 0 Å². The van der Waals surface area contributed by atoms with E-state index in [1.165, 1.54) is 29.7 Å². The molecular formula is C18H19ClN4O2S2. The molecule has 3 N–H and O–H groups in total. The molecule has 1 aliphatic carbocycles. The quantitative estimate of drug-likeness (QED) is 0.524. The third-order valence-electron chi connectivity index (χ3n) is 4.30. The van der Waals surface area contributed by atoms with E-state index in [0.29, 0.717) is 10.9 Å². The Morgan fingerprint density at radius 2 is 2.15 bits per heavy atom. The summed E-state index contributed by atoms with van der Waals surface area (Å²) in [5.74, 6) is 1.59. The van der Waals surface area contributed by atoms with Crippen molar-refractivity contribution in [1.82, 2.24) is 14.7 Å². The van der Waals surface area contributed by atoms with Crippen molar-refractivity contribution in [2.75, 3.05) is 11.6 Å². The monoisotopic (exact) mass is 422 g/mol. The maximum atomic E-state index is 11.2. The second-order valence-corrected chi connectivity index (χ2v) is 10.1. The maximum absolute atomic E-state index is 11.2. The molecule has 0 atom stereocenters. The molecule has 1 aliphatic rings. The Kier molecular flexibility index (Phi) is 4.98. The van der Waals surface area contributed by atoms with Gasteiger partial charge in [0.05, 0.1) is 27.5 Å². The summed E-state index contributed by atoms with van der Waals surface area (Å²) in [7, 11) is -3.21. The molecule has 0 radical (unpaired) electrons. The molecule has 3 aromatic heterocycles. The van der Waals surface area contributed by atoms with Crippen LogP contribution in [0.25, 0.3) is 10.6 Å². The molecule has 0 aliphatic heterocycles. The predicted molar refractivity (Wildman–Crippen MR) is 110 cm³/mol. The predicted octanol–water partition coefficient (Wildman–Crippen LogP) is 4.46. The highest BCUT2D eigenvalue weighted by Crippen LogP contribution is 2.41. The number of hydrogen-bond donors (Lipinski definition) is 3. The van der Waals surface area contributed by atoms with Crippen LogP contribution in [0.2, 0.25) is 5.02 Å². The molecule has 1 fully saturated rings. The largest absolute Gasteiger partial charge is 0.348 e. The number of nitrogens with one attached hydrogen (secondary N) is 3. The highest BCUT2D eigenvalue weighted by atomic mass is 35.5. The topological polar surface area (TPSA) is 86.9 Å². The van der Waals surface area contributed by atoms with Gasteiger partial charge in [-0.05, 0) is 48.6 Å². The molecule has 0 aromatic carbocycles. The SMILES string of the molecule is CS(=O)(=O)NCc1ccc(-c2cc(Nc3cc(C4CC4)c[nH]3)c(Cl)cn2)s1. The van der Waals surface area contributed by atoms with E-state index in [0.717, 1.165) is 33.2 Å². The molecule has 6 nitrogen and oxygen atoms in total. The van der Waals surface area contributed by atoms with Crippen molar-refractivity contribution in [2.24, 2.45) is 0 Å². The number of halogens is 1. The second kappa shape index (κ2) is 7.27. The molecule has 0 bridgehead atoms. The molecule has 0 unspecified atom stereocenters. The summed E-state index contributed by atoms with van der Waals surface area (Å²) in [5.41, 5.74) is 2.88. The van der Waals surface area contributed by atoms with Gasteiger partial charge in [-0.3, -0.25) is 4.98 Å². The van der Waals surface area contributed by atoms with Crippen molar-refractivity contribution in [2.45, 2.75) is 25.3 Å². The van der Waals surface area contributed by atoms with Crippen molar-refractivity contribution in [3.05, 3.63) is 52.1 Å². The van der Waals surface area contributed by atoms with Crippen molar-refractivity contribution in [1.29, 1.82) is 0 Å². The Balaban J connectivity index is 1.52. The minimum Gasteiger partial charge on any atom is -0.348 e. The van der Waals surface area contributed by atoms with E-state index in [1.807, 2.05) is 24.4 Å². The van der Waals surface area contributed by atoms with Crippen molar-refractivity contribution in [3.8, 4) is 10.6 Å². The number of H-pyrrole nitrogens is 1. The van der Waals surface area contributed by atoms with E-state index in [4.69, 9.17) is 11.6 Å². The first-order chi connectivity index (χ1) is 12.9. The minimum absolute atomic E-state index is 0.272. The summed E-state index contributed by atoms with van der Waals surface area (Å²) in [5, 5.41) is 3.86. The Morgan fingerprint density at radius 1 is 1.33 bits per heavy atom. The smallest absolute Gasteiger partial charge is 0.209 e. The van der Waals surface area contributed by atoms with Gasteiger partial charge in [0.25, 0.3) is 0 Å². The van der Waals surface area contributed by atoms with Gasteiger partial charge in [-0.15, -0.1) is 11.3 Å². The second-order valence-electron chi connectivity index (χ2n) is 6.65. The molecule has 0 amide bonds. The van der Waals surface area contributed by atoms with Gasteiger partial charge in [-0.2, -0.15) is 0 Å². The zero-order chi connectivity index (χ0) is 19.0. The summed E-state index contributed by atoms with van der Waals surface area (Å²) >= 11 is 7.80. The average molecular weight is 423 g/mol. The lowest BCUT2D eigenvalue weighted by atomic mass is 10.2. The average Bonchev–Trinajstić information content (AvgIpc) is 3.17. The number of hydrogen-bond acceptors (Lipinski definition) is 5. The minimum atomic E-state index is -3.21. The number of aromatic nitrogens is 2. The first kappa shape index (κ1) is 18.5. The standard InChI is InChI=1S/C18H19ClN4O2S2/c1-27(24,25)22-9-13-4-5-17(26-13)16-7-15(14(19)10-20-16)23-18-6-12(8-21-18)11-2-3-11/h4-8,10-11,21-22H,2-3,9H2,1H3,(H,20,23). The van der Waals surface area contributed by atoms with E-state index >= 15 is 0 Å². The van der Waals surface area contributed by atoms with E-state index in [2.05, 4.69) is 26.1 Å². The van der Waals surface area contributed by atoms with Gasteiger partial charge in [0.15, 0.2) is 0 Å². The Bertz CT molecular complexity index is 1070. The molecule has 1 saturated carbocycles. The van der Waals surface area contributed by atoms with Crippen LogP contribution in [0, 0.1) is 0 Å². The fourth-order valence-corrected chi connectivity index (χ4v) is 4.34. The maximum Gasteiger partial charge on any atom is 0.209 e. The zero-order valence-electron chi connectivity index (χ0n) is 14.6. The molecule has 3 aromatic rings. The fraction of sp³-hybridized carbons (Fsp3) is 0.278. The van der Waals surface area contributed by atoms with Gasteiger partial charge in [0.2, 0.25) is 10.0 Å². The van der Waals surface area contributed by atoms with Gasteiger partial charge in [-0.1, -0.05) is 11.6 Å². The van der Waals surface area contributed by atoms with Crippen molar-refractivity contribution >= 4 is 44.5 Å². The van der Waals surface area contributed by atoms with E-state index in [9.17, 15) is 8.42 Å². The summed E-state index contributed by atoms with van der Waals surface area (Å²) in [6.07, 6.45) is 7.32. The lowest BCUT2D eigenvalue weighted by Crippen LogP contribution is -2.20. The van der Waals surface area contributed by atoms with Gasteiger partial charge in [-0.25, -0.2) is 13.1 Å². The number of thiophene rings is 1. The lowest BCUT2D eigenvalue weighted by Gasteiger charge is -2.08. The Hall–Kier alpha value is -1.87. The van der Waals surface area contributed by atoms with Gasteiger partial charge < -0.3 is 10.3 Å². The number of sulfonamides is 1. The molecule has 0 saturated heterocycles. The molecule has 27 heavy (non-hydrogen) atoms. The summed E-state index contributed by atoms with van der Waals surface area (Å²) in [6.45, 7) is 0.272. The van der Waals surface area contributed by atoms with Crippen LogP contribution in [-0.2, 0) is 16.6 Å². The van der Waals surface area contributed by atoms with Crippen LogP contribution in [0.5, 0.6) is 0 Å². The first-order valence-corrected chi connectivity index (χ1v) is 11.6. The van der Waals surface area contributed by atoms with Crippen LogP contribution < -0.4 is 10.0 Å². The fourth-order valence-electron chi connectivity index (χ4n) is 2.76. The summed E-state index contributed by atoms with van der Waals surface area (Å²) in [6, 6.07) is 7.85. The van der Waals surface area contributed by atoms with Gasteiger partial charge in [0, 0.05) is 23.8 Å². The van der Waals surface area contributed by atoms with Gasteiger partial charge >= 0.3 is 0 Å². The number of anilines is 2. The van der Waals surface area contributed by atoms with Crippen LogP contribution >= 0.6 is 22.9 Å². The van der Waals surface area contributed by atoms with E-state index in [1.54, 1.807) is 6.20 Å². The molecule has 3 heterocycles. The van der Waals surface area contributed by atoms with Crippen LogP contribution in [0.15, 0.2) is 36.7 Å². The molecular weight excluding hydrogens is 404 g/mol. The number of aromatic amines is 1. The molecule has 9 heteroatoms. The summed E-state index contributed by atoms with van der Waals surface area (Å²) < 4.78 is 25.0. The highest BCUT2D eigenvalue weighted by Gasteiger charge is 2.24. The third-order valence-corrected chi connectivity index (χ3v) is 6.38. The van der Waals surface area contributed by atoms with Crippen LogP contribution in [0.3, 0.4) is 0 Å². The number of rotatable bonds is 7. The van der Waals surface area contributed by atoms with Crippen LogP contribution in [-0.4, -0.2) is 24.6 Å². The van der Waals surface area contributed by atoms with Crippen molar-refractivity contribution < 1.29 is 8.42 Å². The van der Waals surface area contributed by atoms with Gasteiger partial charge in [0.1, 0.15) is 5.82 Å². The zero-order valence-corrected chi connectivity index (χ0v) is 17.0.